The van der Waals surface area contributed by atoms with Gasteiger partial charge in [-0.05, 0) is 5.56 Å². The summed E-state index contributed by atoms with van der Waals surface area (Å²) in [5, 5.41) is 1.35. The Morgan fingerprint density at radius 1 is 0.812 bits per heavy atom. The summed E-state index contributed by atoms with van der Waals surface area (Å²) >= 11 is 29.1. The molecule has 1 aromatic rings. The lowest BCUT2D eigenvalue weighted by atomic mass is 10.2. The van der Waals surface area contributed by atoms with E-state index in [1.165, 1.54) is 0 Å². The van der Waals surface area contributed by atoms with Crippen molar-refractivity contribution in [3.63, 3.8) is 0 Å². The van der Waals surface area contributed by atoms with Crippen LogP contribution in [-0.2, 0) is 16.7 Å². The minimum atomic E-state index is -2.31. The van der Waals surface area contributed by atoms with Gasteiger partial charge in [-0.3, -0.25) is 0 Å². The van der Waals surface area contributed by atoms with Crippen LogP contribution in [0.1, 0.15) is 5.56 Å². The van der Waals surface area contributed by atoms with Crippen LogP contribution in [-0.4, -0.2) is 13.8 Å². The van der Waals surface area contributed by atoms with Gasteiger partial charge in [0.05, 0.1) is 25.1 Å². The fourth-order valence-corrected chi connectivity index (χ4v) is 2.62. The van der Waals surface area contributed by atoms with E-state index < -0.39 is 10.3 Å². The van der Waals surface area contributed by atoms with E-state index in [9.17, 15) is 8.42 Å². The highest BCUT2D eigenvalue weighted by molar-refractivity contribution is 7.71. The molecule has 0 aliphatic heterocycles. The standard InChI is InChI=1S/C8H3Cl5O2S/c9-4-3(1-2-16(14)15)5(10)7(12)8(13)6(4)11/h2H,1H2. The summed E-state index contributed by atoms with van der Waals surface area (Å²) in [4.78, 5) is 0. The molecule has 88 valence electrons. The Hall–Kier alpha value is 0.360. The fourth-order valence-electron chi connectivity index (χ4n) is 0.981. The number of benzene rings is 1. The smallest absolute Gasteiger partial charge is 0.185 e. The van der Waals surface area contributed by atoms with Crippen molar-refractivity contribution in [2.24, 2.45) is 0 Å². The first kappa shape index (κ1) is 14.4. The van der Waals surface area contributed by atoms with Crippen LogP contribution in [0.4, 0.5) is 0 Å². The molecule has 0 radical (unpaired) electrons. The molecular weight excluding hydrogens is 337 g/mol. The molecule has 1 aromatic carbocycles. The van der Waals surface area contributed by atoms with Crippen LogP contribution in [0.5, 0.6) is 0 Å². The van der Waals surface area contributed by atoms with Gasteiger partial charge in [-0.2, -0.15) is 8.42 Å². The van der Waals surface area contributed by atoms with Crippen molar-refractivity contribution in [2.75, 3.05) is 0 Å². The molecule has 0 spiro atoms. The van der Waals surface area contributed by atoms with Crippen molar-refractivity contribution in [1.29, 1.82) is 0 Å². The maximum absolute atomic E-state index is 10.4. The zero-order valence-electron chi connectivity index (χ0n) is 7.40. The van der Waals surface area contributed by atoms with Crippen LogP contribution in [0.2, 0.25) is 25.1 Å². The molecule has 0 aliphatic rings. The van der Waals surface area contributed by atoms with Gasteiger partial charge in [-0.1, -0.05) is 58.0 Å². The zero-order valence-corrected chi connectivity index (χ0v) is 12.0. The van der Waals surface area contributed by atoms with E-state index in [0.29, 0.717) is 5.56 Å². The molecule has 8 heteroatoms. The van der Waals surface area contributed by atoms with Crippen molar-refractivity contribution in [3.8, 4) is 0 Å². The van der Waals surface area contributed by atoms with Crippen molar-refractivity contribution in [2.45, 2.75) is 6.42 Å². The second kappa shape index (κ2) is 5.80. The van der Waals surface area contributed by atoms with Gasteiger partial charge in [0.1, 0.15) is 0 Å². The SMILES string of the molecule is O=S(=O)=CCc1c(Cl)c(Cl)c(Cl)c(Cl)c1Cl. The molecule has 0 bridgehead atoms. The molecule has 0 aliphatic carbocycles. The first-order valence-electron chi connectivity index (χ1n) is 3.78. The quantitative estimate of drug-likeness (QED) is 0.460. The van der Waals surface area contributed by atoms with Crippen molar-refractivity contribution >= 4 is 73.7 Å². The number of rotatable bonds is 2. The van der Waals surface area contributed by atoms with Gasteiger partial charge in [0.15, 0.2) is 0 Å². The van der Waals surface area contributed by atoms with Crippen molar-refractivity contribution in [1.82, 2.24) is 0 Å². The van der Waals surface area contributed by atoms with Crippen LogP contribution in [0.15, 0.2) is 0 Å². The van der Waals surface area contributed by atoms with Crippen LogP contribution in [0.3, 0.4) is 0 Å². The van der Waals surface area contributed by atoms with E-state index in [1.807, 2.05) is 0 Å². The van der Waals surface area contributed by atoms with E-state index >= 15 is 0 Å². The van der Waals surface area contributed by atoms with E-state index in [0.717, 1.165) is 5.37 Å². The van der Waals surface area contributed by atoms with Gasteiger partial charge < -0.3 is 0 Å². The van der Waals surface area contributed by atoms with E-state index in [-0.39, 0.29) is 31.5 Å². The largest absolute Gasteiger partial charge is 0.210 e. The van der Waals surface area contributed by atoms with E-state index in [2.05, 4.69) is 0 Å². The molecule has 0 heterocycles. The third-order valence-electron chi connectivity index (χ3n) is 1.72. The molecule has 16 heavy (non-hydrogen) atoms. The van der Waals surface area contributed by atoms with Gasteiger partial charge in [0.25, 0.3) is 0 Å². The molecule has 0 unspecified atom stereocenters. The lowest BCUT2D eigenvalue weighted by Crippen LogP contribution is -1.93. The Kier molecular flexibility index (Phi) is 5.23. The summed E-state index contributed by atoms with van der Waals surface area (Å²) in [6, 6.07) is 0. The Morgan fingerprint density at radius 3 is 1.56 bits per heavy atom. The average molecular weight is 340 g/mol. The number of hydrogen-bond acceptors (Lipinski definition) is 2. The fraction of sp³-hybridized carbons (Fsp3) is 0.125. The highest BCUT2D eigenvalue weighted by Crippen LogP contribution is 2.43. The maximum Gasteiger partial charge on any atom is 0.210 e. The Balaban J connectivity index is 3.45. The third kappa shape index (κ3) is 2.97. The highest BCUT2D eigenvalue weighted by Gasteiger charge is 2.18. The summed E-state index contributed by atoms with van der Waals surface area (Å²) in [6.07, 6.45) is 0.00435. The van der Waals surface area contributed by atoms with E-state index in [1.54, 1.807) is 0 Å². The van der Waals surface area contributed by atoms with Gasteiger partial charge in [-0.15, -0.1) is 0 Å². The summed E-state index contributed by atoms with van der Waals surface area (Å²) in [6.45, 7) is 0. The molecule has 0 N–H and O–H groups in total. The monoisotopic (exact) mass is 338 g/mol. The molecule has 2 nitrogen and oxygen atoms in total. The summed E-state index contributed by atoms with van der Waals surface area (Å²) < 4.78 is 20.8. The van der Waals surface area contributed by atoms with Crippen molar-refractivity contribution in [3.05, 3.63) is 30.7 Å². The average Bonchev–Trinajstić information content (AvgIpc) is 2.23. The molecule has 0 amide bonds. The third-order valence-corrected chi connectivity index (χ3v) is 4.52. The molecular formula is C8H3Cl5O2S. The Morgan fingerprint density at radius 2 is 1.19 bits per heavy atom. The molecule has 0 saturated carbocycles. The van der Waals surface area contributed by atoms with Crippen LogP contribution in [0.25, 0.3) is 0 Å². The first-order valence-corrected chi connectivity index (χ1v) is 6.80. The van der Waals surface area contributed by atoms with Gasteiger partial charge in [0, 0.05) is 11.8 Å². The highest BCUT2D eigenvalue weighted by atomic mass is 35.5. The van der Waals surface area contributed by atoms with Gasteiger partial charge in [-0.25, -0.2) is 0 Å². The normalized spacial score (nSPS) is 10.3. The Bertz CT molecular complexity index is 527. The molecule has 1 rings (SSSR count). The predicted molar refractivity (Wildman–Crippen MR) is 70.2 cm³/mol. The summed E-state index contributed by atoms with van der Waals surface area (Å²) in [7, 11) is -2.31. The Labute approximate surface area is 119 Å². The number of halogens is 5. The van der Waals surface area contributed by atoms with Crippen LogP contribution >= 0.6 is 58.0 Å². The summed E-state index contributed by atoms with van der Waals surface area (Å²) in [5.41, 5.74) is 0.326. The van der Waals surface area contributed by atoms with E-state index in [4.69, 9.17) is 58.0 Å². The molecule has 0 fully saturated rings. The zero-order chi connectivity index (χ0) is 12.5. The topological polar surface area (TPSA) is 34.1 Å². The summed E-state index contributed by atoms with van der Waals surface area (Å²) in [5.74, 6) is 0. The second-order valence-electron chi connectivity index (χ2n) is 2.68. The van der Waals surface area contributed by atoms with Crippen molar-refractivity contribution < 1.29 is 8.42 Å². The molecule has 0 atom stereocenters. The van der Waals surface area contributed by atoms with Crippen LogP contribution < -0.4 is 0 Å². The van der Waals surface area contributed by atoms with Crippen LogP contribution in [0, 0.1) is 0 Å². The minimum absolute atomic E-state index is 0.00435. The molecule has 0 aromatic heterocycles. The lowest BCUT2D eigenvalue weighted by molar-refractivity contribution is 0.627. The maximum atomic E-state index is 10.4. The second-order valence-corrected chi connectivity index (χ2v) is 5.42. The van der Waals surface area contributed by atoms with Gasteiger partial charge in [0.2, 0.25) is 10.3 Å². The minimum Gasteiger partial charge on any atom is -0.185 e. The molecule has 0 saturated heterocycles. The first-order chi connectivity index (χ1) is 7.36. The van der Waals surface area contributed by atoms with Gasteiger partial charge >= 0.3 is 0 Å². The predicted octanol–water partition coefficient (Wildman–Crippen LogP) is 4.18. The lowest BCUT2D eigenvalue weighted by Gasteiger charge is -2.10. The number of hydrogen-bond donors (Lipinski definition) is 0.